The van der Waals surface area contributed by atoms with Crippen molar-refractivity contribution in [3.05, 3.63) is 52.3 Å². The zero-order valence-corrected chi connectivity index (χ0v) is 24.1. The van der Waals surface area contributed by atoms with Crippen LogP contribution in [0.5, 0.6) is 0 Å². The molecule has 0 spiro atoms. The minimum Gasteiger partial charge on any atom is -0.390 e. The van der Waals surface area contributed by atoms with Crippen LogP contribution in [0, 0.1) is 11.3 Å². The normalized spacial score (nSPS) is 16.9. The Morgan fingerprint density at radius 2 is 1.82 bits per heavy atom. The molecule has 2 aromatic rings. The van der Waals surface area contributed by atoms with Gasteiger partial charge in [-0.25, -0.2) is 8.42 Å². The molecule has 0 radical (unpaired) electrons. The third-order valence-electron chi connectivity index (χ3n) is 7.94. The Labute approximate surface area is 229 Å². The molecule has 4 rings (SSSR count). The maximum absolute atomic E-state index is 13.8. The maximum atomic E-state index is 13.8. The van der Waals surface area contributed by atoms with E-state index in [0.29, 0.717) is 55.5 Å². The number of nitriles is 1. The van der Waals surface area contributed by atoms with Crippen molar-refractivity contribution in [1.82, 2.24) is 20.0 Å². The molecule has 1 fully saturated rings. The second-order valence-electron chi connectivity index (χ2n) is 12.0. The van der Waals surface area contributed by atoms with E-state index in [-0.39, 0.29) is 24.7 Å². The van der Waals surface area contributed by atoms with E-state index in [1.807, 2.05) is 0 Å². The summed E-state index contributed by atoms with van der Waals surface area (Å²) in [5, 5.41) is 26.2. The first-order valence-corrected chi connectivity index (χ1v) is 14.7. The van der Waals surface area contributed by atoms with Gasteiger partial charge in [-0.3, -0.25) is 14.3 Å². The van der Waals surface area contributed by atoms with Crippen LogP contribution in [0.1, 0.15) is 91.0 Å². The number of hydrogen-bond donors (Lipinski definition) is 2. The monoisotopic (exact) mass is 555 g/mol. The van der Waals surface area contributed by atoms with Crippen molar-refractivity contribution < 1.29 is 23.1 Å². The number of carbonyl (C=O) groups excluding carboxylic acids is 2. The number of aliphatic hydroxyl groups is 1. The zero-order valence-electron chi connectivity index (χ0n) is 23.2. The van der Waals surface area contributed by atoms with Gasteiger partial charge in [0.05, 0.1) is 26.7 Å². The molecule has 2 aliphatic rings. The number of rotatable bonds is 10. The molecule has 2 N–H and O–H groups in total. The number of aromatic nitrogens is 2. The van der Waals surface area contributed by atoms with Crippen LogP contribution in [0.4, 0.5) is 0 Å². The lowest BCUT2D eigenvalue weighted by atomic mass is 9.97. The molecule has 2 heterocycles. The fourth-order valence-electron chi connectivity index (χ4n) is 5.19. The third kappa shape index (κ3) is 5.58. The first kappa shape index (κ1) is 28.8. The minimum absolute atomic E-state index is 0.102. The minimum atomic E-state index is -3.62. The lowest BCUT2D eigenvalue weighted by Crippen LogP contribution is -2.50. The molecule has 1 saturated carbocycles. The highest BCUT2D eigenvalue weighted by Gasteiger charge is 2.60. The maximum Gasteiger partial charge on any atom is 0.272 e. The molecule has 0 saturated heterocycles. The van der Waals surface area contributed by atoms with Crippen LogP contribution in [0.3, 0.4) is 0 Å². The number of fused-ring (bicyclic) bond motifs is 1. The van der Waals surface area contributed by atoms with E-state index in [1.54, 1.807) is 63.9 Å². The molecule has 1 aromatic carbocycles. The Kier molecular flexibility index (Phi) is 7.42. The highest BCUT2D eigenvalue weighted by atomic mass is 32.2. The zero-order chi connectivity index (χ0) is 28.8. The largest absolute Gasteiger partial charge is 0.390 e. The first-order valence-electron chi connectivity index (χ1n) is 13.2. The highest BCUT2D eigenvalue weighted by molar-refractivity contribution is 7.94. The summed E-state index contributed by atoms with van der Waals surface area (Å²) >= 11 is 0. The van der Waals surface area contributed by atoms with Gasteiger partial charge in [0.25, 0.3) is 11.8 Å². The number of amides is 2. The van der Waals surface area contributed by atoms with E-state index in [4.69, 9.17) is 5.26 Å². The van der Waals surface area contributed by atoms with Crippen molar-refractivity contribution in [2.24, 2.45) is 7.05 Å². The Morgan fingerprint density at radius 1 is 1.18 bits per heavy atom. The summed E-state index contributed by atoms with van der Waals surface area (Å²) in [6.07, 6.45) is 2.05. The van der Waals surface area contributed by atoms with Gasteiger partial charge in [0.2, 0.25) is 0 Å². The fraction of sp³-hybridized carbons (Fsp3) is 0.571. The number of carbonyl (C=O) groups is 2. The second kappa shape index (κ2) is 10.1. The van der Waals surface area contributed by atoms with E-state index in [2.05, 4.69) is 16.5 Å². The Bertz CT molecular complexity index is 1420. The Morgan fingerprint density at radius 3 is 2.38 bits per heavy atom. The van der Waals surface area contributed by atoms with Gasteiger partial charge < -0.3 is 15.3 Å². The molecule has 1 aromatic heterocycles. The average molecular weight is 556 g/mol. The fourth-order valence-corrected chi connectivity index (χ4v) is 7.70. The van der Waals surface area contributed by atoms with Gasteiger partial charge >= 0.3 is 0 Å². The van der Waals surface area contributed by atoms with Crippen molar-refractivity contribution in [2.45, 2.75) is 81.4 Å². The van der Waals surface area contributed by atoms with E-state index < -0.39 is 30.8 Å². The summed E-state index contributed by atoms with van der Waals surface area (Å²) in [5.41, 5.74) is 1.46. The van der Waals surface area contributed by atoms with Gasteiger partial charge in [-0.05, 0) is 77.5 Å². The van der Waals surface area contributed by atoms with Crippen molar-refractivity contribution in [1.29, 1.82) is 5.26 Å². The lowest BCUT2D eigenvalue weighted by molar-refractivity contribution is 0.0661. The molecule has 1 aliphatic heterocycles. The van der Waals surface area contributed by atoms with Gasteiger partial charge in [0, 0.05) is 32.2 Å². The second-order valence-corrected chi connectivity index (χ2v) is 15.0. The average Bonchev–Trinajstić information content (AvgIpc) is 3.59. The predicted molar refractivity (Wildman–Crippen MR) is 146 cm³/mol. The van der Waals surface area contributed by atoms with Crippen LogP contribution in [0.25, 0.3) is 0 Å². The van der Waals surface area contributed by atoms with Crippen LogP contribution in [-0.4, -0.2) is 68.2 Å². The SMILES string of the molecule is Cn1nc(C(=O)NCc2ccc(C#N)cc2)c2c1C(=O)N(CC1(S(=O)(=O)C(C)(C)CCC(C)(C)O)CC1)CC2. The van der Waals surface area contributed by atoms with Gasteiger partial charge in [-0.1, -0.05) is 12.1 Å². The number of nitrogens with one attached hydrogen (secondary N) is 1. The lowest BCUT2D eigenvalue weighted by Gasteiger charge is -2.36. The topological polar surface area (TPSA) is 145 Å². The van der Waals surface area contributed by atoms with Crippen LogP contribution >= 0.6 is 0 Å². The van der Waals surface area contributed by atoms with E-state index in [1.165, 1.54) is 4.68 Å². The third-order valence-corrected chi connectivity index (χ3v) is 11.3. The molecule has 1 aliphatic carbocycles. The van der Waals surface area contributed by atoms with Crippen LogP contribution < -0.4 is 5.32 Å². The van der Waals surface area contributed by atoms with Gasteiger partial charge in [-0.2, -0.15) is 10.4 Å². The molecule has 11 heteroatoms. The molecule has 0 unspecified atom stereocenters. The predicted octanol–water partition coefficient (Wildman–Crippen LogP) is 2.50. The van der Waals surface area contributed by atoms with Crippen LogP contribution in [0.2, 0.25) is 0 Å². The van der Waals surface area contributed by atoms with E-state index in [9.17, 15) is 23.1 Å². The van der Waals surface area contributed by atoms with Gasteiger partial charge in [-0.15, -0.1) is 0 Å². The molecule has 210 valence electrons. The molecule has 0 bridgehead atoms. The van der Waals surface area contributed by atoms with E-state index >= 15 is 0 Å². The van der Waals surface area contributed by atoms with E-state index in [0.717, 1.165) is 5.56 Å². The molecule has 10 nitrogen and oxygen atoms in total. The van der Waals surface area contributed by atoms with Gasteiger partial charge in [0.1, 0.15) is 5.69 Å². The van der Waals surface area contributed by atoms with Gasteiger partial charge in [0.15, 0.2) is 15.5 Å². The molecule has 2 amide bonds. The summed E-state index contributed by atoms with van der Waals surface area (Å²) < 4.78 is 26.9. The highest BCUT2D eigenvalue weighted by Crippen LogP contribution is 2.50. The summed E-state index contributed by atoms with van der Waals surface area (Å²) in [5.74, 6) is -0.722. The number of nitrogens with zero attached hydrogens (tertiary/aromatic N) is 4. The summed E-state index contributed by atoms with van der Waals surface area (Å²) in [7, 11) is -2.00. The molecule has 39 heavy (non-hydrogen) atoms. The summed E-state index contributed by atoms with van der Waals surface area (Å²) in [4.78, 5) is 28.1. The number of benzene rings is 1. The first-order chi connectivity index (χ1) is 18.1. The number of aryl methyl sites for hydroxylation is 1. The molecular weight excluding hydrogens is 518 g/mol. The van der Waals surface area contributed by atoms with Crippen molar-refractivity contribution in [3.8, 4) is 6.07 Å². The Balaban J connectivity index is 1.47. The summed E-state index contributed by atoms with van der Waals surface area (Å²) in [6, 6.07) is 8.95. The smallest absolute Gasteiger partial charge is 0.272 e. The quantitative estimate of drug-likeness (QED) is 0.458. The Hall–Kier alpha value is -3.23. The number of hydrogen-bond acceptors (Lipinski definition) is 7. The van der Waals surface area contributed by atoms with Crippen molar-refractivity contribution >= 4 is 21.7 Å². The summed E-state index contributed by atoms with van der Waals surface area (Å²) in [6.45, 7) is 7.39. The van der Waals surface area contributed by atoms with Crippen molar-refractivity contribution in [2.75, 3.05) is 13.1 Å². The molecule has 0 atom stereocenters. The number of sulfone groups is 1. The van der Waals surface area contributed by atoms with Crippen LogP contribution in [0.15, 0.2) is 24.3 Å². The van der Waals surface area contributed by atoms with Crippen LogP contribution in [-0.2, 0) is 29.9 Å². The van der Waals surface area contributed by atoms with Crippen molar-refractivity contribution in [3.63, 3.8) is 0 Å². The standard InChI is InChI=1S/C28H37N5O5S/c1-26(2,36)11-12-27(3,4)39(37,38)28(13-14-28)18-33-15-10-21-22(31-32(5)23(21)25(33)35)24(34)30-17-20-8-6-19(16-29)7-9-20/h6-9,36H,10-15,17-18H2,1-5H3,(H,30,34). The molecular formula is C28H37N5O5S.